The van der Waals surface area contributed by atoms with Gasteiger partial charge in [-0.25, -0.2) is 0 Å². The number of nitro benzene ring substituents is 1. The Balaban J connectivity index is 2.85. The molecule has 0 heterocycles. The fourth-order valence-electron chi connectivity index (χ4n) is 1.65. The number of hydrogen-bond donors (Lipinski definition) is 2. The Morgan fingerprint density at radius 2 is 2.05 bits per heavy atom. The third-order valence-electron chi connectivity index (χ3n) is 2.99. The van der Waals surface area contributed by atoms with Crippen LogP contribution in [0.25, 0.3) is 0 Å². The number of anilines is 1. The summed E-state index contributed by atoms with van der Waals surface area (Å²) in [6, 6.07) is 4.63. The minimum Gasteiger partial charge on any atom is -0.384 e. The zero-order valence-electron chi connectivity index (χ0n) is 11.6. The van der Waals surface area contributed by atoms with E-state index < -0.39 is 10.3 Å². The minimum absolute atomic E-state index is 0.0332. The summed E-state index contributed by atoms with van der Waals surface area (Å²) in [6.07, 6.45) is 0. The van der Waals surface area contributed by atoms with E-state index in [4.69, 9.17) is 0 Å². The molecule has 104 valence electrons. The predicted octanol–water partition coefficient (Wildman–Crippen LogP) is 2.09. The van der Waals surface area contributed by atoms with Crippen LogP contribution in [0.5, 0.6) is 0 Å². The van der Waals surface area contributed by atoms with Gasteiger partial charge in [0, 0.05) is 31.4 Å². The molecule has 0 spiro atoms. The van der Waals surface area contributed by atoms with Crippen LogP contribution in [0.2, 0.25) is 0 Å². The first-order chi connectivity index (χ1) is 8.77. The van der Waals surface area contributed by atoms with E-state index in [-0.39, 0.29) is 11.6 Å². The molecule has 1 amide bonds. The molecule has 6 nitrogen and oxygen atoms in total. The smallest absolute Gasteiger partial charge is 0.271 e. The second kappa shape index (κ2) is 5.69. The number of amides is 1. The van der Waals surface area contributed by atoms with Crippen molar-refractivity contribution >= 4 is 17.3 Å². The van der Waals surface area contributed by atoms with Gasteiger partial charge in [0.05, 0.1) is 10.3 Å². The molecule has 0 bridgehead atoms. The second-order valence-electron chi connectivity index (χ2n) is 5.07. The van der Waals surface area contributed by atoms with E-state index in [1.807, 2.05) is 20.8 Å². The molecule has 0 unspecified atom stereocenters. The number of non-ortho nitro benzene ring substituents is 1. The van der Waals surface area contributed by atoms with Crippen LogP contribution >= 0.6 is 0 Å². The monoisotopic (exact) mass is 265 g/mol. The van der Waals surface area contributed by atoms with Gasteiger partial charge in [-0.15, -0.1) is 0 Å². The molecule has 19 heavy (non-hydrogen) atoms. The van der Waals surface area contributed by atoms with E-state index in [2.05, 4.69) is 10.6 Å². The van der Waals surface area contributed by atoms with Gasteiger partial charge in [-0.2, -0.15) is 0 Å². The van der Waals surface area contributed by atoms with Crippen LogP contribution in [0.3, 0.4) is 0 Å². The van der Waals surface area contributed by atoms with Crippen molar-refractivity contribution in [3.8, 4) is 0 Å². The fourth-order valence-corrected chi connectivity index (χ4v) is 1.65. The van der Waals surface area contributed by atoms with Gasteiger partial charge in [0.1, 0.15) is 0 Å². The Morgan fingerprint density at radius 3 is 2.58 bits per heavy atom. The standard InChI is InChI=1S/C13H19N3O3/c1-9-5-6-10(16(18)19)7-11(9)15-8-13(2,3)12(17)14-4/h5-7,15H,8H2,1-4H3,(H,14,17). The number of benzene rings is 1. The molecule has 0 fully saturated rings. The highest BCUT2D eigenvalue weighted by molar-refractivity contribution is 5.82. The zero-order valence-corrected chi connectivity index (χ0v) is 11.6. The van der Waals surface area contributed by atoms with E-state index in [1.54, 1.807) is 13.1 Å². The lowest BCUT2D eigenvalue weighted by Gasteiger charge is -2.24. The van der Waals surface area contributed by atoms with Crippen LogP contribution < -0.4 is 10.6 Å². The van der Waals surface area contributed by atoms with E-state index in [0.717, 1.165) is 5.56 Å². The largest absolute Gasteiger partial charge is 0.384 e. The molecule has 1 aromatic carbocycles. The second-order valence-corrected chi connectivity index (χ2v) is 5.07. The Labute approximate surface area is 112 Å². The van der Waals surface area contributed by atoms with Gasteiger partial charge >= 0.3 is 0 Å². The Bertz CT molecular complexity index is 498. The number of carbonyl (C=O) groups is 1. The van der Waals surface area contributed by atoms with Crippen molar-refractivity contribution in [3.63, 3.8) is 0 Å². The summed E-state index contributed by atoms with van der Waals surface area (Å²) < 4.78 is 0. The lowest BCUT2D eigenvalue weighted by molar-refractivity contribution is -0.384. The normalized spacial score (nSPS) is 10.9. The first-order valence-electron chi connectivity index (χ1n) is 5.99. The molecule has 1 aromatic rings. The summed E-state index contributed by atoms with van der Waals surface area (Å²) in [6.45, 7) is 5.88. The SMILES string of the molecule is CNC(=O)C(C)(C)CNc1cc([N+](=O)[O-])ccc1C. The molecule has 1 rings (SSSR count). The molecule has 0 atom stereocenters. The summed E-state index contributed by atoms with van der Waals surface area (Å²) >= 11 is 0. The summed E-state index contributed by atoms with van der Waals surface area (Å²) in [5.41, 5.74) is 1.02. The Morgan fingerprint density at radius 1 is 1.42 bits per heavy atom. The van der Waals surface area contributed by atoms with Crippen molar-refractivity contribution < 1.29 is 9.72 Å². The molecule has 0 radical (unpaired) electrons. The van der Waals surface area contributed by atoms with Gasteiger partial charge in [-0.1, -0.05) is 6.07 Å². The van der Waals surface area contributed by atoms with Crippen LogP contribution in [0.15, 0.2) is 18.2 Å². The van der Waals surface area contributed by atoms with Crippen molar-refractivity contribution in [2.75, 3.05) is 18.9 Å². The molecule has 0 aliphatic rings. The van der Waals surface area contributed by atoms with Gasteiger partial charge in [0.25, 0.3) is 5.69 Å². The van der Waals surface area contributed by atoms with Crippen molar-refractivity contribution in [2.45, 2.75) is 20.8 Å². The highest BCUT2D eigenvalue weighted by atomic mass is 16.6. The molecule has 0 saturated heterocycles. The lowest BCUT2D eigenvalue weighted by atomic mass is 9.92. The molecule has 0 aliphatic carbocycles. The number of hydrogen-bond acceptors (Lipinski definition) is 4. The van der Waals surface area contributed by atoms with Gasteiger partial charge < -0.3 is 10.6 Å². The summed E-state index contributed by atoms with van der Waals surface area (Å²) in [7, 11) is 1.59. The van der Waals surface area contributed by atoms with Gasteiger partial charge in [-0.05, 0) is 26.3 Å². The quantitative estimate of drug-likeness (QED) is 0.630. The summed E-state index contributed by atoms with van der Waals surface area (Å²) in [4.78, 5) is 22.0. The van der Waals surface area contributed by atoms with Crippen LogP contribution in [-0.2, 0) is 4.79 Å². The zero-order chi connectivity index (χ0) is 14.6. The van der Waals surface area contributed by atoms with Crippen molar-refractivity contribution in [1.29, 1.82) is 0 Å². The van der Waals surface area contributed by atoms with Crippen LogP contribution in [0.4, 0.5) is 11.4 Å². The molecular formula is C13H19N3O3. The third-order valence-corrected chi connectivity index (χ3v) is 2.99. The average Bonchev–Trinajstić information content (AvgIpc) is 2.36. The van der Waals surface area contributed by atoms with E-state index >= 15 is 0 Å². The molecule has 6 heteroatoms. The maximum Gasteiger partial charge on any atom is 0.271 e. The molecular weight excluding hydrogens is 246 g/mol. The van der Waals surface area contributed by atoms with Gasteiger partial charge in [-0.3, -0.25) is 14.9 Å². The van der Waals surface area contributed by atoms with Gasteiger partial charge in [0.2, 0.25) is 5.91 Å². The van der Waals surface area contributed by atoms with Crippen LogP contribution in [0, 0.1) is 22.5 Å². The first kappa shape index (κ1) is 14.9. The molecule has 0 saturated carbocycles. The molecule has 0 aromatic heterocycles. The van der Waals surface area contributed by atoms with Crippen molar-refractivity contribution in [3.05, 3.63) is 33.9 Å². The number of aryl methyl sites for hydroxylation is 1. The third kappa shape index (κ3) is 3.67. The average molecular weight is 265 g/mol. The summed E-state index contributed by atoms with van der Waals surface area (Å²) in [5, 5.41) is 16.4. The van der Waals surface area contributed by atoms with Crippen LogP contribution in [0.1, 0.15) is 19.4 Å². The number of nitrogens with zero attached hydrogens (tertiary/aromatic N) is 1. The predicted molar refractivity (Wildman–Crippen MR) is 74.2 cm³/mol. The highest BCUT2D eigenvalue weighted by Crippen LogP contribution is 2.24. The Hall–Kier alpha value is -2.11. The van der Waals surface area contributed by atoms with Gasteiger partial charge in [0.15, 0.2) is 0 Å². The minimum atomic E-state index is -0.591. The van der Waals surface area contributed by atoms with E-state index in [9.17, 15) is 14.9 Å². The first-order valence-corrected chi connectivity index (χ1v) is 5.99. The number of carbonyl (C=O) groups excluding carboxylic acids is 1. The highest BCUT2D eigenvalue weighted by Gasteiger charge is 2.26. The lowest BCUT2D eigenvalue weighted by Crippen LogP contribution is -2.39. The maximum atomic E-state index is 11.7. The fraction of sp³-hybridized carbons (Fsp3) is 0.462. The van der Waals surface area contributed by atoms with Crippen molar-refractivity contribution in [1.82, 2.24) is 5.32 Å². The topological polar surface area (TPSA) is 84.3 Å². The Kier molecular flexibility index (Phi) is 4.47. The summed E-state index contributed by atoms with van der Waals surface area (Å²) in [5.74, 6) is -0.0805. The molecule has 2 N–H and O–H groups in total. The van der Waals surface area contributed by atoms with Crippen LogP contribution in [-0.4, -0.2) is 24.4 Å². The molecule has 0 aliphatic heterocycles. The maximum absolute atomic E-state index is 11.7. The number of nitrogens with one attached hydrogen (secondary N) is 2. The van der Waals surface area contributed by atoms with E-state index in [0.29, 0.717) is 12.2 Å². The van der Waals surface area contributed by atoms with E-state index in [1.165, 1.54) is 12.1 Å². The number of nitro groups is 1. The number of rotatable bonds is 5. The van der Waals surface area contributed by atoms with Crippen molar-refractivity contribution in [2.24, 2.45) is 5.41 Å².